The molecule has 0 fully saturated rings. The first-order valence-electron chi connectivity index (χ1n) is 12.6. The van der Waals surface area contributed by atoms with Crippen LogP contribution in [0, 0.1) is 12.1 Å². The molecule has 0 aliphatic heterocycles. The minimum absolute atomic E-state index is 0. The van der Waals surface area contributed by atoms with E-state index in [0.29, 0.717) is 0 Å². The molecule has 0 spiro atoms. The quantitative estimate of drug-likeness (QED) is 0.119. The molecule has 39 heavy (non-hydrogen) atoms. The van der Waals surface area contributed by atoms with Crippen molar-refractivity contribution in [2.75, 3.05) is 0 Å². The number of rotatable bonds is 6. The van der Waals surface area contributed by atoms with Gasteiger partial charge in [0.15, 0.2) is 0 Å². The van der Waals surface area contributed by atoms with Gasteiger partial charge in [-0.2, -0.15) is 60.7 Å². The zero-order valence-electron chi connectivity index (χ0n) is 21.8. The van der Waals surface area contributed by atoms with Crippen molar-refractivity contribution in [3.05, 3.63) is 182 Å². The summed E-state index contributed by atoms with van der Waals surface area (Å²) in [6.45, 7) is 0. The van der Waals surface area contributed by atoms with E-state index in [1.165, 1.54) is 31.8 Å². The minimum atomic E-state index is -0.502. The van der Waals surface area contributed by atoms with Crippen molar-refractivity contribution in [1.82, 2.24) is 0 Å². The fraction of sp³-hybridized carbons (Fsp3) is 0. The molecule has 0 unspecified atom stereocenters. The van der Waals surface area contributed by atoms with E-state index in [0.717, 1.165) is 0 Å². The summed E-state index contributed by atoms with van der Waals surface area (Å²) in [5, 5.41) is 8.01. The van der Waals surface area contributed by atoms with Crippen molar-refractivity contribution in [2.24, 2.45) is 0 Å². The molecule has 0 nitrogen and oxygen atoms in total. The van der Waals surface area contributed by atoms with Crippen molar-refractivity contribution < 1.29 is 19.5 Å². The van der Waals surface area contributed by atoms with Gasteiger partial charge in [-0.3, -0.25) is 0 Å². The topological polar surface area (TPSA) is 0 Å². The van der Waals surface area contributed by atoms with E-state index in [9.17, 15) is 0 Å². The van der Waals surface area contributed by atoms with Crippen LogP contribution < -0.4 is 31.8 Å². The van der Waals surface area contributed by atoms with E-state index in [2.05, 4.69) is 158 Å². The average Bonchev–Trinajstić information content (AvgIpc) is 3.01. The summed E-state index contributed by atoms with van der Waals surface area (Å²) in [7, 11) is -1.00. The largest absolute Gasteiger partial charge is 2.00 e. The van der Waals surface area contributed by atoms with Gasteiger partial charge in [-0.25, -0.2) is 0 Å². The zero-order chi connectivity index (χ0) is 25.8. The first-order valence-corrected chi connectivity index (χ1v) is 15.3. The molecule has 0 saturated carbocycles. The van der Waals surface area contributed by atoms with Gasteiger partial charge in [-0.15, -0.1) is 10.6 Å². The molecule has 0 amide bonds. The Morgan fingerprint density at radius 1 is 0.308 bits per heavy atom. The molecule has 0 radical (unpaired) electrons. The van der Waals surface area contributed by atoms with Crippen LogP contribution in [-0.4, -0.2) is 0 Å². The van der Waals surface area contributed by atoms with Crippen LogP contribution in [-0.2, 0) is 19.5 Å². The molecule has 0 saturated heterocycles. The van der Waals surface area contributed by atoms with Gasteiger partial charge in [0.25, 0.3) is 0 Å². The maximum atomic E-state index is 3.39. The average molecular weight is 588 g/mol. The van der Waals surface area contributed by atoms with Gasteiger partial charge in [0.1, 0.15) is 0 Å². The molecule has 0 aliphatic rings. The Kier molecular flexibility index (Phi) is 11.4. The molecule has 0 N–H and O–H groups in total. The van der Waals surface area contributed by atoms with Crippen LogP contribution in [0.5, 0.6) is 0 Å². The number of hydrogen-bond acceptors (Lipinski definition) is 0. The SMILES string of the molecule is [Zn+2].[c-]1ccccc1P(c1ccccc1)c1ccccc1.[c-]1ccccc1P(c1ccccc1)c1ccccc1. The summed E-state index contributed by atoms with van der Waals surface area (Å²) in [5.74, 6) is 0. The summed E-state index contributed by atoms with van der Waals surface area (Å²) in [4.78, 5) is 0. The maximum absolute atomic E-state index is 3.39. The third-order valence-electron chi connectivity index (χ3n) is 5.92. The summed E-state index contributed by atoms with van der Waals surface area (Å²) in [6.07, 6.45) is 0. The first-order chi connectivity index (χ1) is 18.9. The van der Waals surface area contributed by atoms with Crippen LogP contribution in [0.4, 0.5) is 0 Å². The molecule has 0 atom stereocenters. The standard InChI is InChI=1S/2C18H14P.Zn/c2*1-4-10-16(11-5-1)19(17-12-6-2-7-13-17)18-14-8-3-9-15-18;/h2*1-14H;/q2*-1;+2. The van der Waals surface area contributed by atoms with Crippen molar-refractivity contribution in [2.45, 2.75) is 0 Å². The first kappa shape index (κ1) is 28.8. The molecule has 6 aromatic rings. The van der Waals surface area contributed by atoms with Crippen LogP contribution >= 0.6 is 15.8 Å². The normalized spacial score (nSPS) is 10.3. The van der Waals surface area contributed by atoms with Gasteiger partial charge in [-0.05, 0) is 37.1 Å². The number of benzene rings is 6. The predicted octanol–water partition coefficient (Wildman–Crippen LogP) is 6.49. The van der Waals surface area contributed by atoms with E-state index in [-0.39, 0.29) is 19.5 Å². The fourth-order valence-electron chi connectivity index (χ4n) is 4.21. The van der Waals surface area contributed by atoms with Gasteiger partial charge in [-0.1, -0.05) is 121 Å². The molecular weight excluding hydrogens is 560 g/mol. The maximum Gasteiger partial charge on any atom is 2.00 e. The smallest absolute Gasteiger partial charge is 0.176 e. The Hall–Kier alpha value is -3.20. The Bertz CT molecular complexity index is 1170. The van der Waals surface area contributed by atoms with Crippen LogP contribution in [0.25, 0.3) is 0 Å². The third-order valence-corrected chi connectivity index (χ3v) is 10.7. The van der Waals surface area contributed by atoms with Crippen LogP contribution in [0.2, 0.25) is 0 Å². The van der Waals surface area contributed by atoms with Crippen molar-refractivity contribution in [3.63, 3.8) is 0 Å². The second-order valence-corrected chi connectivity index (χ2v) is 12.9. The van der Waals surface area contributed by atoms with Gasteiger partial charge in [0.2, 0.25) is 0 Å². The van der Waals surface area contributed by atoms with E-state index in [1.807, 2.05) is 24.3 Å². The summed E-state index contributed by atoms with van der Waals surface area (Å²) in [6, 6.07) is 66.1. The second kappa shape index (κ2) is 15.4. The molecule has 184 valence electrons. The van der Waals surface area contributed by atoms with Crippen molar-refractivity contribution in [3.8, 4) is 0 Å². The minimum Gasteiger partial charge on any atom is -0.176 e. The van der Waals surface area contributed by atoms with Crippen LogP contribution in [0.1, 0.15) is 0 Å². The van der Waals surface area contributed by atoms with Gasteiger partial charge >= 0.3 is 19.5 Å². The predicted molar refractivity (Wildman–Crippen MR) is 168 cm³/mol. The Morgan fingerprint density at radius 3 is 0.795 bits per heavy atom. The van der Waals surface area contributed by atoms with Gasteiger partial charge in [0, 0.05) is 0 Å². The summed E-state index contributed by atoms with van der Waals surface area (Å²) < 4.78 is 0. The van der Waals surface area contributed by atoms with Crippen molar-refractivity contribution >= 4 is 47.7 Å². The third kappa shape index (κ3) is 7.91. The number of hydrogen-bond donors (Lipinski definition) is 0. The summed E-state index contributed by atoms with van der Waals surface area (Å²) >= 11 is 0. The Morgan fingerprint density at radius 2 is 0.564 bits per heavy atom. The molecule has 6 aromatic carbocycles. The van der Waals surface area contributed by atoms with Crippen LogP contribution in [0.3, 0.4) is 0 Å². The molecule has 6 rings (SSSR count). The van der Waals surface area contributed by atoms with Crippen LogP contribution in [0.15, 0.2) is 170 Å². The molecule has 0 heterocycles. The molecule has 0 aromatic heterocycles. The Balaban J connectivity index is 0.000000176. The fourth-order valence-corrected chi connectivity index (χ4v) is 8.68. The molecule has 0 aliphatic carbocycles. The van der Waals surface area contributed by atoms with Gasteiger partial charge < -0.3 is 0 Å². The van der Waals surface area contributed by atoms with E-state index < -0.39 is 15.8 Å². The molecular formula is C36H28P2Zn. The monoisotopic (exact) mass is 586 g/mol. The van der Waals surface area contributed by atoms with Crippen molar-refractivity contribution in [1.29, 1.82) is 0 Å². The zero-order valence-corrected chi connectivity index (χ0v) is 26.5. The second-order valence-electron chi connectivity index (χ2n) is 8.51. The van der Waals surface area contributed by atoms with E-state index in [1.54, 1.807) is 0 Å². The summed E-state index contributed by atoms with van der Waals surface area (Å²) in [5.41, 5.74) is 0. The van der Waals surface area contributed by atoms with E-state index >= 15 is 0 Å². The molecule has 3 heteroatoms. The van der Waals surface area contributed by atoms with Gasteiger partial charge in [0.05, 0.1) is 0 Å². The van der Waals surface area contributed by atoms with E-state index in [4.69, 9.17) is 0 Å². The Labute approximate surface area is 248 Å². The molecule has 0 bridgehead atoms.